The van der Waals surface area contributed by atoms with Gasteiger partial charge in [0.2, 0.25) is 0 Å². The van der Waals surface area contributed by atoms with Crippen molar-refractivity contribution in [2.75, 3.05) is 6.61 Å². The Morgan fingerprint density at radius 2 is 2.04 bits per heavy atom. The van der Waals surface area contributed by atoms with Crippen molar-refractivity contribution < 1.29 is 14.6 Å². The van der Waals surface area contributed by atoms with E-state index in [0.717, 1.165) is 24.2 Å². The molecule has 3 saturated carbocycles. The van der Waals surface area contributed by atoms with Crippen LogP contribution in [-0.4, -0.2) is 17.9 Å². The monoisotopic (exact) mass is 346 g/mol. The van der Waals surface area contributed by atoms with Crippen LogP contribution in [0.2, 0.25) is 0 Å². The molecule has 4 rings (SSSR count). The third-order valence-corrected chi connectivity index (χ3v) is 8.91. The van der Waals surface area contributed by atoms with Crippen LogP contribution >= 0.6 is 0 Å². The van der Waals surface area contributed by atoms with E-state index in [0.29, 0.717) is 23.4 Å². The van der Waals surface area contributed by atoms with E-state index >= 15 is 0 Å². The standard InChI is InChI=1S/C22H34O3/c1-21-12-4-3-5-15(21)6-8-17-18-9-7-16(11-14-25-20(23)24)22(18,2)13-10-19(17)21/h6,16-19H,3-5,7-14H2,1-2H3,(H,23,24)/t16-,17+,18+,19+,21+,22-/m1/s1. The minimum absolute atomic E-state index is 0.373. The average Bonchev–Trinajstić information content (AvgIpc) is 2.91. The molecule has 0 aromatic carbocycles. The third kappa shape index (κ3) is 2.73. The highest BCUT2D eigenvalue weighted by Crippen LogP contribution is 2.66. The van der Waals surface area contributed by atoms with E-state index in [9.17, 15) is 4.79 Å². The van der Waals surface area contributed by atoms with Gasteiger partial charge in [-0.25, -0.2) is 4.79 Å². The Hall–Kier alpha value is -0.990. The number of fused-ring (bicyclic) bond motifs is 5. The van der Waals surface area contributed by atoms with E-state index in [1.165, 1.54) is 57.8 Å². The number of rotatable bonds is 3. The van der Waals surface area contributed by atoms with Gasteiger partial charge in [0.15, 0.2) is 0 Å². The van der Waals surface area contributed by atoms with Gasteiger partial charge in [-0.2, -0.15) is 0 Å². The molecule has 0 radical (unpaired) electrons. The maximum Gasteiger partial charge on any atom is 0.505 e. The summed E-state index contributed by atoms with van der Waals surface area (Å²) in [5.74, 6) is 3.22. The van der Waals surface area contributed by atoms with Crippen molar-refractivity contribution in [3.63, 3.8) is 0 Å². The van der Waals surface area contributed by atoms with Gasteiger partial charge in [0, 0.05) is 0 Å². The normalized spacial score (nSPS) is 45.8. The lowest BCUT2D eigenvalue weighted by Crippen LogP contribution is -2.49. The van der Waals surface area contributed by atoms with Gasteiger partial charge in [0.05, 0.1) is 6.61 Å². The predicted molar refractivity (Wildman–Crippen MR) is 98.4 cm³/mol. The Bertz CT molecular complexity index is 568. The van der Waals surface area contributed by atoms with Crippen molar-refractivity contribution in [3.8, 4) is 0 Å². The lowest BCUT2D eigenvalue weighted by Gasteiger charge is -2.57. The molecule has 0 amide bonds. The summed E-state index contributed by atoms with van der Waals surface area (Å²) < 4.78 is 4.83. The second-order valence-electron chi connectivity index (χ2n) is 9.69. The quantitative estimate of drug-likeness (QED) is 0.500. The Labute approximate surface area is 152 Å². The van der Waals surface area contributed by atoms with Crippen LogP contribution in [0.15, 0.2) is 11.6 Å². The second-order valence-corrected chi connectivity index (χ2v) is 9.69. The summed E-state index contributed by atoms with van der Waals surface area (Å²) >= 11 is 0. The van der Waals surface area contributed by atoms with Crippen LogP contribution in [0.3, 0.4) is 0 Å². The first kappa shape index (κ1) is 17.4. The van der Waals surface area contributed by atoms with Crippen molar-refractivity contribution in [2.24, 2.45) is 34.5 Å². The molecular formula is C22H34O3. The highest BCUT2D eigenvalue weighted by atomic mass is 16.7. The second kappa shape index (κ2) is 6.32. The van der Waals surface area contributed by atoms with E-state index in [-0.39, 0.29) is 0 Å². The van der Waals surface area contributed by atoms with Gasteiger partial charge in [-0.1, -0.05) is 31.9 Å². The Balaban J connectivity index is 1.51. The highest BCUT2D eigenvalue weighted by molar-refractivity contribution is 5.56. The molecule has 0 aliphatic heterocycles. The van der Waals surface area contributed by atoms with Crippen LogP contribution in [0.1, 0.15) is 78.1 Å². The van der Waals surface area contributed by atoms with Crippen molar-refractivity contribution in [1.82, 2.24) is 0 Å². The van der Waals surface area contributed by atoms with Gasteiger partial charge in [-0.05, 0) is 92.3 Å². The lowest BCUT2D eigenvalue weighted by atomic mass is 9.47. The number of hydrogen-bond acceptors (Lipinski definition) is 2. The minimum Gasteiger partial charge on any atom is -0.450 e. The highest BCUT2D eigenvalue weighted by Gasteiger charge is 2.57. The molecular weight excluding hydrogens is 312 g/mol. The van der Waals surface area contributed by atoms with Crippen molar-refractivity contribution in [3.05, 3.63) is 11.6 Å². The number of allylic oxidation sites excluding steroid dienone is 2. The molecule has 0 bridgehead atoms. The Morgan fingerprint density at radius 1 is 1.20 bits per heavy atom. The summed E-state index contributed by atoms with van der Waals surface area (Å²) in [4.78, 5) is 10.7. The summed E-state index contributed by atoms with van der Waals surface area (Å²) in [6.07, 6.45) is 14.6. The number of ether oxygens (including phenoxy) is 1. The molecule has 0 aromatic rings. The smallest absolute Gasteiger partial charge is 0.450 e. The van der Waals surface area contributed by atoms with E-state index in [1.54, 1.807) is 5.57 Å². The molecule has 0 spiro atoms. The van der Waals surface area contributed by atoms with Crippen LogP contribution in [0.5, 0.6) is 0 Å². The van der Waals surface area contributed by atoms with Gasteiger partial charge in [-0.15, -0.1) is 0 Å². The third-order valence-electron chi connectivity index (χ3n) is 8.91. The Kier molecular flexibility index (Phi) is 4.40. The lowest BCUT2D eigenvalue weighted by molar-refractivity contribution is -0.0449. The molecule has 0 unspecified atom stereocenters. The molecule has 1 N–H and O–H groups in total. The van der Waals surface area contributed by atoms with Crippen molar-refractivity contribution in [1.29, 1.82) is 0 Å². The van der Waals surface area contributed by atoms with Crippen LogP contribution in [0.25, 0.3) is 0 Å². The maximum absolute atomic E-state index is 10.7. The molecule has 4 aliphatic carbocycles. The zero-order chi connectivity index (χ0) is 17.7. The fourth-order valence-corrected chi connectivity index (χ4v) is 7.57. The molecule has 0 heterocycles. The predicted octanol–water partition coefficient (Wildman–Crippen LogP) is 6.04. The molecule has 6 atom stereocenters. The molecule has 3 nitrogen and oxygen atoms in total. The first-order valence-electron chi connectivity index (χ1n) is 10.5. The molecule has 140 valence electrons. The summed E-state index contributed by atoms with van der Waals surface area (Å²) in [5, 5.41) is 8.75. The van der Waals surface area contributed by atoms with Gasteiger partial charge in [0.25, 0.3) is 0 Å². The molecule has 4 aliphatic rings. The van der Waals surface area contributed by atoms with Crippen molar-refractivity contribution in [2.45, 2.75) is 78.1 Å². The molecule has 0 aromatic heterocycles. The summed E-state index contributed by atoms with van der Waals surface area (Å²) in [7, 11) is 0. The zero-order valence-electron chi connectivity index (χ0n) is 15.9. The topological polar surface area (TPSA) is 46.5 Å². The van der Waals surface area contributed by atoms with Gasteiger partial charge in [0.1, 0.15) is 0 Å². The molecule has 3 fully saturated rings. The average molecular weight is 347 g/mol. The van der Waals surface area contributed by atoms with Crippen LogP contribution in [-0.2, 0) is 4.74 Å². The van der Waals surface area contributed by atoms with Crippen LogP contribution in [0.4, 0.5) is 4.79 Å². The summed E-state index contributed by atoms with van der Waals surface area (Å²) in [6, 6.07) is 0. The summed E-state index contributed by atoms with van der Waals surface area (Å²) in [6.45, 7) is 5.46. The van der Waals surface area contributed by atoms with E-state index in [1.807, 2.05) is 0 Å². The largest absolute Gasteiger partial charge is 0.505 e. The summed E-state index contributed by atoms with van der Waals surface area (Å²) in [5.41, 5.74) is 2.67. The fraction of sp³-hybridized carbons (Fsp3) is 0.864. The van der Waals surface area contributed by atoms with Gasteiger partial charge >= 0.3 is 6.16 Å². The number of carbonyl (C=O) groups is 1. The fourth-order valence-electron chi connectivity index (χ4n) is 7.57. The molecule has 0 saturated heterocycles. The SMILES string of the molecule is C[C@]12CC[C@H]3[C@@H](CC=C4CCCC[C@@]43C)[C@@H]1CC[C@@H]2CCOC(=O)O. The van der Waals surface area contributed by atoms with Crippen molar-refractivity contribution >= 4 is 6.16 Å². The first-order valence-corrected chi connectivity index (χ1v) is 10.5. The van der Waals surface area contributed by atoms with E-state index < -0.39 is 6.16 Å². The molecule has 3 heteroatoms. The maximum atomic E-state index is 10.7. The Morgan fingerprint density at radius 3 is 2.84 bits per heavy atom. The van der Waals surface area contributed by atoms with Gasteiger partial charge < -0.3 is 9.84 Å². The van der Waals surface area contributed by atoms with E-state index in [4.69, 9.17) is 9.84 Å². The molecule has 25 heavy (non-hydrogen) atoms. The number of hydrogen-bond donors (Lipinski definition) is 1. The zero-order valence-corrected chi connectivity index (χ0v) is 15.9. The van der Waals surface area contributed by atoms with Crippen LogP contribution < -0.4 is 0 Å². The minimum atomic E-state index is -1.13. The van der Waals surface area contributed by atoms with Crippen LogP contribution in [0, 0.1) is 34.5 Å². The first-order chi connectivity index (χ1) is 11.9. The van der Waals surface area contributed by atoms with E-state index in [2.05, 4.69) is 19.9 Å². The van der Waals surface area contributed by atoms with Gasteiger partial charge in [-0.3, -0.25) is 0 Å². The number of carboxylic acid groups (broad SMARTS) is 1.